The Morgan fingerprint density at radius 1 is 1.40 bits per heavy atom. The standard InChI is InChI=1S/C12H11N3/c1-3-4-10-11(13-2)6-5-9-7-14-8-15-12(9)10/h3-8H,2H2,1H3/b4-3-. The van der Waals surface area contributed by atoms with Gasteiger partial charge >= 0.3 is 0 Å². The fourth-order valence-corrected chi connectivity index (χ4v) is 1.54. The molecule has 2 aromatic rings. The highest BCUT2D eigenvalue weighted by Crippen LogP contribution is 2.27. The predicted molar refractivity (Wildman–Crippen MR) is 63.5 cm³/mol. The fraction of sp³-hybridized carbons (Fsp3) is 0.0833. The Bertz CT molecular complexity index is 529. The summed E-state index contributed by atoms with van der Waals surface area (Å²) in [5.41, 5.74) is 2.75. The van der Waals surface area contributed by atoms with Crippen molar-refractivity contribution in [2.24, 2.45) is 4.99 Å². The van der Waals surface area contributed by atoms with E-state index in [9.17, 15) is 0 Å². The maximum atomic E-state index is 4.26. The van der Waals surface area contributed by atoms with Gasteiger partial charge in [0.1, 0.15) is 6.33 Å². The molecule has 3 nitrogen and oxygen atoms in total. The van der Waals surface area contributed by atoms with E-state index in [0.717, 1.165) is 22.2 Å². The van der Waals surface area contributed by atoms with Gasteiger partial charge in [-0.05, 0) is 25.8 Å². The molecular weight excluding hydrogens is 186 g/mol. The second-order valence-electron chi connectivity index (χ2n) is 3.12. The Balaban J connectivity index is 2.84. The van der Waals surface area contributed by atoms with Crippen LogP contribution in [0.5, 0.6) is 0 Å². The first-order valence-corrected chi connectivity index (χ1v) is 4.69. The normalized spacial score (nSPS) is 11.0. The van der Waals surface area contributed by atoms with E-state index in [1.807, 2.05) is 31.2 Å². The molecule has 0 radical (unpaired) electrons. The zero-order valence-electron chi connectivity index (χ0n) is 8.51. The summed E-state index contributed by atoms with van der Waals surface area (Å²) in [5, 5.41) is 1.01. The summed E-state index contributed by atoms with van der Waals surface area (Å²) in [6.07, 6.45) is 7.29. The molecule has 0 aliphatic rings. The topological polar surface area (TPSA) is 38.1 Å². The highest BCUT2D eigenvalue weighted by Gasteiger charge is 2.04. The van der Waals surface area contributed by atoms with E-state index >= 15 is 0 Å². The molecule has 74 valence electrons. The number of fused-ring (bicyclic) bond motifs is 1. The lowest BCUT2D eigenvalue weighted by atomic mass is 10.1. The fourth-order valence-electron chi connectivity index (χ4n) is 1.54. The molecule has 0 spiro atoms. The van der Waals surface area contributed by atoms with Gasteiger partial charge in [0.15, 0.2) is 0 Å². The SMILES string of the molecule is C=Nc1ccc2cncnc2c1/C=C\C. The van der Waals surface area contributed by atoms with Crippen LogP contribution >= 0.6 is 0 Å². The van der Waals surface area contributed by atoms with Crippen molar-refractivity contribution < 1.29 is 0 Å². The van der Waals surface area contributed by atoms with Crippen LogP contribution in [0.4, 0.5) is 5.69 Å². The molecule has 1 aromatic heterocycles. The van der Waals surface area contributed by atoms with Gasteiger partial charge in [0.2, 0.25) is 0 Å². The van der Waals surface area contributed by atoms with Crippen LogP contribution in [0.2, 0.25) is 0 Å². The minimum Gasteiger partial charge on any atom is -0.264 e. The van der Waals surface area contributed by atoms with Crippen LogP contribution in [0.1, 0.15) is 12.5 Å². The van der Waals surface area contributed by atoms with E-state index in [2.05, 4.69) is 21.7 Å². The monoisotopic (exact) mass is 197 g/mol. The first-order chi connectivity index (χ1) is 7.36. The minimum absolute atomic E-state index is 0.847. The maximum Gasteiger partial charge on any atom is 0.116 e. The van der Waals surface area contributed by atoms with Crippen LogP contribution in [-0.2, 0) is 0 Å². The largest absolute Gasteiger partial charge is 0.264 e. The van der Waals surface area contributed by atoms with E-state index in [-0.39, 0.29) is 0 Å². The lowest BCUT2D eigenvalue weighted by Crippen LogP contribution is -1.85. The number of hydrogen-bond acceptors (Lipinski definition) is 3. The second-order valence-corrected chi connectivity index (χ2v) is 3.12. The average Bonchev–Trinajstić information content (AvgIpc) is 2.30. The van der Waals surface area contributed by atoms with E-state index in [1.165, 1.54) is 0 Å². The molecule has 2 rings (SSSR count). The molecule has 0 fully saturated rings. The third kappa shape index (κ3) is 1.64. The number of aromatic nitrogens is 2. The number of nitrogens with zero attached hydrogens (tertiary/aromatic N) is 3. The van der Waals surface area contributed by atoms with Crippen LogP contribution in [0.3, 0.4) is 0 Å². The molecule has 3 heteroatoms. The lowest BCUT2D eigenvalue weighted by molar-refractivity contribution is 1.22. The molecule has 0 N–H and O–H groups in total. The molecule has 0 saturated heterocycles. The average molecular weight is 197 g/mol. The van der Waals surface area contributed by atoms with Crippen LogP contribution in [0.25, 0.3) is 17.0 Å². The first-order valence-electron chi connectivity index (χ1n) is 4.69. The Hall–Kier alpha value is -2.03. The Morgan fingerprint density at radius 2 is 2.27 bits per heavy atom. The van der Waals surface area contributed by atoms with Crippen molar-refractivity contribution in [2.45, 2.75) is 6.92 Å². The Labute approximate surface area is 88.2 Å². The molecule has 0 bridgehead atoms. The van der Waals surface area contributed by atoms with Gasteiger partial charge in [-0.25, -0.2) is 9.97 Å². The Kier molecular flexibility index (Phi) is 2.54. The Morgan fingerprint density at radius 3 is 3.00 bits per heavy atom. The van der Waals surface area contributed by atoms with Gasteiger partial charge in [-0.3, -0.25) is 4.99 Å². The van der Waals surface area contributed by atoms with Gasteiger partial charge < -0.3 is 0 Å². The van der Waals surface area contributed by atoms with Crippen molar-refractivity contribution in [1.29, 1.82) is 0 Å². The quantitative estimate of drug-likeness (QED) is 0.694. The lowest BCUT2D eigenvalue weighted by Gasteiger charge is -2.03. The van der Waals surface area contributed by atoms with Crippen molar-refractivity contribution in [3.8, 4) is 0 Å². The molecule has 0 saturated carbocycles. The van der Waals surface area contributed by atoms with Crippen LogP contribution in [0, 0.1) is 0 Å². The molecule has 0 atom stereocenters. The third-order valence-electron chi connectivity index (χ3n) is 2.20. The number of hydrogen-bond donors (Lipinski definition) is 0. The molecule has 1 aromatic carbocycles. The van der Waals surface area contributed by atoms with Gasteiger partial charge in [0.25, 0.3) is 0 Å². The summed E-state index contributed by atoms with van der Waals surface area (Å²) in [6, 6.07) is 3.88. The number of allylic oxidation sites excluding steroid dienone is 1. The predicted octanol–water partition coefficient (Wildman–Crippen LogP) is 3.00. The number of aliphatic imine (C=N–C) groups is 1. The molecule has 1 heterocycles. The van der Waals surface area contributed by atoms with Crippen LogP contribution < -0.4 is 0 Å². The van der Waals surface area contributed by atoms with E-state index < -0.39 is 0 Å². The molecule has 0 unspecified atom stereocenters. The van der Waals surface area contributed by atoms with Gasteiger partial charge in [0.05, 0.1) is 11.2 Å². The van der Waals surface area contributed by atoms with Crippen molar-refractivity contribution >= 4 is 29.4 Å². The van der Waals surface area contributed by atoms with Crippen LogP contribution in [0.15, 0.2) is 35.7 Å². The van der Waals surface area contributed by atoms with E-state index in [1.54, 1.807) is 12.5 Å². The summed E-state index contributed by atoms with van der Waals surface area (Å²) >= 11 is 0. The van der Waals surface area contributed by atoms with Crippen molar-refractivity contribution in [3.05, 3.63) is 36.3 Å². The zero-order valence-corrected chi connectivity index (χ0v) is 8.51. The summed E-state index contributed by atoms with van der Waals surface area (Å²) in [4.78, 5) is 12.2. The van der Waals surface area contributed by atoms with Crippen molar-refractivity contribution in [2.75, 3.05) is 0 Å². The zero-order chi connectivity index (χ0) is 10.7. The minimum atomic E-state index is 0.847. The van der Waals surface area contributed by atoms with Gasteiger partial charge in [-0.1, -0.05) is 12.2 Å². The first kappa shape index (κ1) is 9.52. The van der Waals surface area contributed by atoms with Gasteiger partial charge in [0, 0.05) is 17.1 Å². The number of rotatable bonds is 2. The maximum absolute atomic E-state index is 4.26. The van der Waals surface area contributed by atoms with E-state index in [0.29, 0.717) is 0 Å². The molecule has 0 amide bonds. The summed E-state index contributed by atoms with van der Waals surface area (Å²) in [7, 11) is 0. The molecule has 0 aliphatic heterocycles. The summed E-state index contributed by atoms with van der Waals surface area (Å²) < 4.78 is 0. The van der Waals surface area contributed by atoms with Crippen LogP contribution in [-0.4, -0.2) is 16.7 Å². The van der Waals surface area contributed by atoms with Gasteiger partial charge in [-0.2, -0.15) is 0 Å². The van der Waals surface area contributed by atoms with Crippen molar-refractivity contribution in [1.82, 2.24) is 9.97 Å². The summed E-state index contributed by atoms with van der Waals surface area (Å²) in [6.45, 7) is 5.52. The smallest absolute Gasteiger partial charge is 0.116 e. The molecular formula is C12H11N3. The molecule has 15 heavy (non-hydrogen) atoms. The van der Waals surface area contributed by atoms with Gasteiger partial charge in [-0.15, -0.1) is 0 Å². The third-order valence-corrected chi connectivity index (χ3v) is 2.20. The highest BCUT2D eigenvalue weighted by atomic mass is 14.8. The number of benzene rings is 1. The van der Waals surface area contributed by atoms with Crippen molar-refractivity contribution in [3.63, 3.8) is 0 Å². The van der Waals surface area contributed by atoms with E-state index in [4.69, 9.17) is 0 Å². The molecule has 0 aliphatic carbocycles. The second kappa shape index (κ2) is 4.00. The summed E-state index contributed by atoms with van der Waals surface area (Å²) in [5.74, 6) is 0. The highest BCUT2D eigenvalue weighted by molar-refractivity contribution is 5.91.